The van der Waals surface area contributed by atoms with Gasteiger partial charge in [-0.15, -0.1) is 0 Å². The highest BCUT2D eigenvalue weighted by molar-refractivity contribution is 5.69. The number of esters is 2. The molecule has 1 atom stereocenters. The van der Waals surface area contributed by atoms with Gasteiger partial charge in [-0.3, -0.25) is 9.59 Å². The maximum atomic E-state index is 11.6. The van der Waals surface area contributed by atoms with Gasteiger partial charge in [0.1, 0.15) is 0 Å². The van der Waals surface area contributed by atoms with Gasteiger partial charge in [0.15, 0.2) is 0 Å². The predicted molar refractivity (Wildman–Crippen MR) is 102 cm³/mol. The lowest BCUT2D eigenvalue weighted by Crippen LogP contribution is -2.05. The van der Waals surface area contributed by atoms with Crippen molar-refractivity contribution < 1.29 is 19.1 Å². The Morgan fingerprint density at radius 1 is 0.760 bits per heavy atom. The van der Waals surface area contributed by atoms with Crippen molar-refractivity contribution in [3.8, 4) is 0 Å². The molecule has 1 unspecified atom stereocenters. The van der Waals surface area contributed by atoms with E-state index >= 15 is 0 Å². The van der Waals surface area contributed by atoms with Crippen LogP contribution in [0.2, 0.25) is 0 Å². The summed E-state index contributed by atoms with van der Waals surface area (Å²) in [6.07, 6.45) is 14.5. The van der Waals surface area contributed by atoms with E-state index in [4.69, 9.17) is 4.74 Å². The van der Waals surface area contributed by atoms with Crippen LogP contribution in [-0.4, -0.2) is 25.7 Å². The van der Waals surface area contributed by atoms with Crippen LogP contribution in [0.3, 0.4) is 0 Å². The van der Waals surface area contributed by atoms with Crippen LogP contribution in [0.5, 0.6) is 0 Å². The van der Waals surface area contributed by atoms with E-state index in [0.717, 1.165) is 57.3 Å². The summed E-state index contributed by atoms with van der Waals surface area (Å²) in [6, 6.07) is 0. The molecule has 0 heterocycles. The number of ether oxygens (including phenoxy) is 2. The van der Waals surface area contributed by atoms with Crippen molar-refractivity contribution in [1.29, 1.82) is 0 Å². The molecule has 25 heavy (non-hydrogen) atoms. The molecule has 4 nitrogen and oxygen atoms in total. The fraction of sp³-hybridized carbons (Fsp3) is 0.905. The molecule has 0 aliphatic carbocycles. The first kappa shape index (κ1) is 23.9. The molecule has 0 fully saturated rings. The summed E-state index contributed by atoms with van der Waals surface area (Å²) in [5.74, 6) is 0.667. The molecule has 0 aliphatic heterocycles. The summed E-state index contributed by atoms with van der Waals surface area (Å²) in [5.41, 5.74) is 0. The Labute approximate surface area is 155 Å². The van der Waals surface area contributed by atoms with E-state index in [-0.39, 0.29) is 11.9 Å². The third-order valence-corrected chi connectivity index (χ3v) is 4.79. The van der Waals surface area contributed by atoms with Crippen LogP contribution in [0.1, 0.15) is 104 Å². The molecule has 0 aromatic rings. The van der Waals surface area contributed by atoms with Gasteiger partial charge >= 0.3 is 11.9 Å². The zero-order valence-corrected chi connectivity index (χ0v) is 16.8. The van der Waals surface area contributed by atoms with E-state index in [0.29, 0.717) is 19.4 Å². The smallest absolute Gasteiger partial charge is 0.305 e. The van der Waals surface area contributed by atoms with Crippen molar-refractivity contribution >= 4 is 11.9 Å². The van der Waals surface area contributed by atoms with Crippen LogP contribution >= 0.6 is 0 Å². The second-order valence-electron chi connectivity index (χ2n) is 7.13. The van der Waals surface area contributed by atoms with Gasteiger partial charge in [0, 0.05) is 12.8 Å². The summed E-state index contributed by atoms with van der Waals surface area (Å²) in [5, 5.41) is 0. The largest absolute Gasteiger partial charge is 0.469 e. The van der Waals surface area contributed by atoms with Crippen LogP contribution in [0, 0.1) is 5.92 Å². The molecule has 4 heteroatoms. The van der Waals surface area contributed by atoms with Crippen LogP contribution in [0.4, 0.5) is 0 Å². The Morgan fingerprint density at radius 3 is 1.88 bits per heavy atom. The fourth-order valence-corrected chi connectivity index (χ4v) is 2.76. The number of unbranched alkanes of at least 4 members (excludes halogenated alkanes) is 8. The first-order valence-corrected chi connectivity index (χ1v) is 10.3. The summed E-state index contributed by atoms with van der Waals surface area (Å²) in [7, 11) is 1.43. The van der Waals surface area contributed by atoms with Gasteiger partial charge < -0.3 is 9.47 Å². The molecule has 0 spiro atoms. The van der Waals surface area contributed by atoms with E-state index in [1.165, 1.54) is 32.8 Å². The molecule has 0 rings (SSSR count). The van der Waals surface area contributed by atoms with E-state index in [2.05, 4.69) is 18.6 Å². The van der Waals surface area contributed by atoms with E-state index in [9.17, 15) is 9.59 Å². The van der Waals surface area contributed by atoms with Gasteiger partial charge in [0.2, 0.25) is 0 Å². The van der Waals surface area contributed by atoms with Crippen molar-refractivity contribution in [3.63, 3.8) is 0 Å². The molecule has 0 aromatic heterocycles. The van der Waals surface area contributed by atoms with Gasteiger partial charge in [0.05, 0.1) is 13.7 Å². The van der Waals surface area contributed by atoms with Crippen LogP contribution in [-0.2, 0) is 19.1 Å². The molecule has 0 amide bonds. The molecule has 0 radical (unpaired) electrons. The molecule has 0 aromatic carbocycles. The van der Waals surface area contributed by atoms with Crippen LogP contribution in [0.15, 0.2) is 0 Å². The standard InChI is InChI=1S/C21H40O4/c1-4-19(2)15-11-8-9-13-17-21(23)25-18-14-10-6-5-7-12-16-20(22)24-3/h19H,4-18H2,1-3H3. The van der Waals surface area contributed by atoms with Gasteiger partial charge in [-0.25, -0.2) is 0 Å². The Balaban J connectivity index is 3.24. The number of rotatable bonds is 17. The molecule has 0 saturated carbocycles. The van der Waals surface area contributed by atoms with E-state index in [1.54, 1.807) is 0 Å². The number of hydrogen-bond donors (Lipinski definition) is 0. The van der Waals surface area contributed by atoms with Crippen molar-refractivity contribution in [3.05, 3.63) is 0 Å². The Hall–Kier alpha value is -1.06. The highest BCUT2D eigenvalue weighted by atomic mass is 16.5. The predicted octanol–water partition coefficient (Wildman–Crippen LogP) is 5.82. The lowest BCUT2D eigenvalue weighted by atomic mass is 10.0. The summed E-state index contributed by atoms with van der Waals surface area (Å²) in [6.45, 7) is 5.10. The SMILES string of the molecule is CCC(C)CCCCCCC(=O)OCCCCCCCCC(=O)OC. The summed E-state index contributed by atoms with van der Waals surface area (Å²) < 4.78 is 9.88. The zero-order chi connectivity index (χ0) is 18.8. The highest BCUT2D eigenvalue weighted by Gasteiger charge is 2.03. The highest BCUT2D eigenvalue weighted by Crippen LogP contribution is 2.14. The molecule has 0 N–H and O–H groups in total. The first-order valence-electron chi connectivity index (χ1n) is 10.3. The minimum Gasteiger partial charge on any atom is -0.469 e. The van der Waals surface area contributed by atoms with Gasteiger partial charge in [-0.2, -0.15) is 0 Å². The third kappa shape index (κ3) is 17.6. The Bertz CT molecular complexity index is 328. The fourth-order valence-electron chi connectivity index (χ4n) is 2.76. The van der Waals surface area contributed by atoms with Crippen molar-refractivity contribution in [2.24, 2.45) is 5.92 Å². The number of methoxy groups -OCH3 is 1. The van der Waals surface area contributed by atoms with Gasteiger partial charge in [-0.1, -0.05) is 71.6 Å². The minimum atomic E-state index is -0.123. The number of carbonyl (C=O) groups is 2. The lowest BCUT2D eigenvalue weighted by molar-refractivity contribution is -0.144. The molecule has 148 valence electrons. The summed E-state index contributed by atoms with van der Waals surface area (Å²) >= 11 is 0. The monoisotopic (exact) mass is 356 g/mol. The molecule has 0 saturated heterocycles. The van der Waals surface area contributed by atoms with Crippen molar-refractivity contribution in [2.45, 2.75) is 104 Å². The molecule has 0 bridgehead atoms. The molecular formula is C21H40O4. The average molecular weight is 357 g/mol. The quantitative estimate of drug-likeness (QED) is 0.243. The van der Waals surface area contributed by atoms with E-state index < -0.39 is 0 Å². The first-order chi connectivity index (χ1) is 12.1. The van der Waals surface area contributed by atoms with Crippen molar-refractivity contribution in [2.75, 3.05) is 13.7 Å². The van der Waals surface area contributed by atoms with E-state index in [1.807, 2.05) is 0 Å². The Kier molecular flexibility index (Phi) is 17.0. The third-order valence-electron chi connectivity index (χ3n) is 4.79. The number of carbonyl (C=O) groups excluding carboxylic acids is 2. The number of hydrogen-bond acceptors (Lipinski definition) is 4. The minimum absolute atomic E-state index is 0.0417. The maximum absolute atomic E-state index is 11.6. The zero-order valence-electron chi connectivity index (χ0n) is 16.8. The molecular weight excluding hydrogens is 316 g/mol. The van der Waals surface area contributed by atoms with Crippen LogP contribution in [0.25, 0.3) is 0 Å². The second kappa shape index (κ2) is 17.8. The topological polar surface area (TPSA) is 52.6 Å². The average Bonchev–Trinajstić information content (AvgIpc) is 2.62. The normalized spacial score (nSPS) is 12.0. The lowest BCUT2D eigenvalue weighted by Gasteiger charge is -2.07. The van der Waals surface area contributed by atoms with Crippen molar-refractivity contribution in [1.82, 2.24) is 0 Å². The molecule has 0 aliphatic rings. The Morgan fingerprint density at radius 2 is 1.28 bits per heavy atom. The summed E-state index contributed by atoms with van der Waals surface area (Å²) in [4.78, 5) is 22.6. The van der Waals surface area contributed by atoms with Gasteiger partial charge in [0.25, 0.3) is 0 Å². The van der Waals surface area contributed by atoms with Crippen LogP contribution < -0.4 is 0 Å². The second-order valence-corrected chi connectivity index (χ2v) is 7.13. The van der Waals surface area contributed by atoms with Gasteiger partial charge in [-0.05, 0) is 25.2 Å². The maximum Gasteiger partial charge on any atom is 0.305 e.